The van der Waals surface area contributed by atoms with Crippen LogP contribution in [0, 0.1) is 5.92 Å². The van der Waals surface area contributed by atoms with Gasteiger partial charge in [-0.1, -0.05) is 25.6 Å². The average Bonchev–Trinajstić information content (AvgIpc) is 2.84. The van der Waals surface area contributed by atoms with E-state index in [1.807, 2.05) is 29.2 Å². The maximum absolute atomic E-state index is 11.8. The predicted octanol–water partition coefficient (Wildman–Crippen LogP) is 2.35. The third-order valence-electron chi connectivity index (χ3n) is 3.85. The van der Waals surface area contributed by atoms with Gasteiger partial charge in [0.2, 0.25) is 5.91 Å². The van der Waals surface area contributed by atoms with Crippen molar-refractivity contribution in [1.29, 1.82) is 0 Å². The molecule has 0 spiro atoms. The first kappa shape index (κ1) is 15.8. The van der Waals surface area contributed by atoms with E-state index in [1.165, 1.54) is 0 Å². The van der Waals surface area contributed by atoms with Gasteiger partial charge in [0, 0.05) is 25.1 Å². The maximum Gasteiger partial charge on any atom is 0.222 e. The summed E-state index contributed by atoms with van der Waals surface area (Å²) in [5.74, 6) is 1.61. The molecule has 1 aromatic carbocycles. The number of benzene rings is 1. The van der Waals surface area contributed by atoms with Gasteiger partial charge in [0.1, 0.15) is 10.7 Å². The molecule has 4 nitrogen and oxygen atoms in total. The van der Waals surface area contributed by atoms with Crippen LogP contribution in [0.25, 0.3) is 0 Å². The van der Waals surface area contributed by atoms with Gasteiger partial charge in [-0.15, -0.1) is 0 Å². The fourth-order valence-corrected chi connectivity index (χ4v) is 2.64. The molecule has 1 fully saturated rings. The van der Waals surface area contributed by atoms with E-state index >= 15 is 0 Å². The molecular weight excluding hydrogens is 284 g/mol. The lowest BCUT2D eigenvalue weighted by atomic mass is 10.1. The van der Waals surface area contributed by atoms with Crippen molar-refractivity contribution in [1.82, 2.24) is 4.90 Å². The summed E-state index contributed by atoms with van der Waals surface area (Å²) in [6.07, 6.45) is 2.63. The van der Waals surface area contributed by atoms with Crippen molar-refractivity contribution >= 4 is 23.1 Å². The van der Waals surface area contributed by atoms with Crippen LogP contribution in [0.1, 0.15) is 31.7 Å². The van der Waals surface area contributed by atoms with Crippen LogP contribution in [-0.4, -0.2) is 35.5 Å². The Morgan fingerprint density at radius 2 is 2.14 bits per heavy atom. The topological polar surface area (TPSA) is 55.6 Å². The summed E-state index contributed by atoms with van der Waals surface area (Å²) in [7, 11) is 0. The quantitative estimate of drug-likeness (QED) is 0.620. The Hall–Kier alpha value is -1.62. The molecule has 1 atom stereocenters. The smallest absolute Gasteiger partial charge is 0.222 e. The van der Waals surface area contributed by atoms with Crippen LogP contribution < -0.4 is 10.5 Å². The summed E-state index contributed by atoms with van der Waals surface area (Å²) in [6.45, 7) is 4.42. The number of hydrogen-bond acceptors (Lipinski definition) is 3. The molecule has 1 aliphatic heterocycles. The Bertz CT molecular complexity index is 502. The van der Waals surface area contributed by atoms with Gasteiger partial charge >= 0.3 is 0 Å². The van der Waals surface area contributed by atoms with Crippen molar-refractivity contribution < 1.29 is 9.53 Å². The van der Waals surface area contributed by atoms with E-state index in [9.17, 15) is 4.79 Å². The van der Waals surface area contributed by atoms with Crippen LogP contribution in [0.15, 0.2) is 24.3 Å². The lowest BCUT2D eigenvalue weighted by Crippen LogP contribution is -2.27. The summed E-state index contributed by atoms with van der Waals surface area (Å²) in [4.78, 5) is 14.1. The van der Waals surface area contributed by atoms with E-state index in [0.29, 0.717) is 23.9 Å². The van der Waals surface area contributed by atoms with Gasteiger partial charge in [0.05, 0.1) is 6.61 Å². The van der Waals surface area contributed by atoms with Gasteiger partial charge in [-0.2, -0.15) is 0 Å². The number of nitrogens with zero attached hydrogens (tertiary/aromatic N) is 1. The highest BCUT2D eigenvalue weighted by molar-refractivity contribution is 7.80. The molecule has 21 heavy (non-hydrogen) atoms. The number of hydrogen-bond donors (Lipinski definition) is 1. The zero-order valence-electron chi connectivity index (χ0n) is 12.4. The van der Waals surface area contributed by atoms with E-state index < -0.39 is 0 Å². The van der Waals surface area contributed by atoms with Crippen LogP contribution in [0.3, 0.4) is 0 Å². The van der Waals surface area contributed by atoms with Gasteiger partial charge in [0.25, 0.3) is 0 Å². The molecule has 0 radical (unpaired) electrons. The van der Waals surface area contributed by atoms with Crippen molar-refractivity contribution in [2.45, 2.75) is 26.2 Å². The van der Waals surface area contributed by atoms with E-state index in [2.05, 4.69) is 6.92 Å². The molecule has 0 aromatic heterocycles. The third-order valence-corrected chi connectivity index (χ3v) is 4.09. The van der Waals surface area contributed by atoms with Gasteiger partial charge in [-0.05, 0) is 36.6 Å². The van der Waals surface area contributed by atoms with Gasteiger partial charge in [-0.25, -0.2) is 0 Å². The first-order valence-corrected chi connectivity index (χ1v) is 7.81. The van der Waals surface area contributed by atoms with Gasteiger partial charge in [0.15, 0.2) is 0 Å². The van der Waals surface area contributed by atoms with Crippen LogP contribution >= 0.6 is 12.2 Å². The second-order valence-electron chi connectivity index (χ2n) is 5.41. The molecule has 1 heterocycles. The van der Waals surface area contributed by atoms with E-state index in [4.69, 9.17) is 22.7 Å². The summed E-state index contributed by atoms with van der Waals surface area (Å²) < 4.78 is 5.67. The predicted molar refractivity (Wildman–Crippen MR) is 87.4 cm³/mol. The zero-order valence-corrected chi connectivity index (χ0v) is 13.2. The molecule has 1 aliphatic rings. The van der Waals surface area contributed by atoms with Crippen molar-refractivity contribution in [2.75, 3.05) is 19.7 Å². The third kappa shape index (κ3) is 4.43. The average molecular weight is 306 g/mol. The number of likely N-dealkylation sites (tertiary alicyclic amines) is 1. The monoisotopic (exact) mass is 306 g/mol. The molecule has 0 aliphatic carbocycles. The van der Waals surface area contributed by atoms with Crippen molar-refractivity contribution in [3.05, 3.63) is 29.8 Å². The van der Waals surface area contributed by atoms with Gasteiger partial charge < -0.3 is 15.4 Å². The number of amides is 1. The number of carbonyl (C=O) groups excluding carboxylic acids is 1. The Morgan fingerprint density at radius 3 is 2.71 bits per heavy atom. The van der Waals surface area contributed by atoms with Crippen molar-refractivity contribution in [3.63, 3.8) is 0 Å². The highest BCUT2D eigenvalue weighted by Crippen LogP contribution is 2.20. The zero-order chi connectivity index (χ0) is 15.2. The molecule has 0 saturated carbocycles. The molecule has 2 rings (SSSR count). The highest BCUT2D eigenvalue weighted by atomic mass is 32.1. The van der Waals surface area contributed by atoms with E-state index in [-0.39, 0.29) is 5.91 Å². The Labute approximate surface area is 131 Å². The summed E-state index contributed by atoms with van der Waals surface area (Å²) in [5.41, 5.74) is 6.38. The van der Waals surface area contributed by atoms with Crippen LogP contribution in [-0.2, 0) is 4.79 Å². The second kappa shape index (κ2) is 7.41. The first-order valence-electron chi connectivity index (χ1n) is 7.40. The fourth-order valence-electron chi connectivity index (χ4n) is 2.50. The Morgan fingerprint density at radius 1 is 1.43 bits per heavy atom. The molecule has 1 saturated heterocycles. The molecular formula is C16H22N2O2S. The molecule has 5 heteroatoms. The molecule has 0 bridgehead atoms. The van der Waals surface area contributed by atoms with Crippen molar-refractivity contribution in [3.8, 4) is 5.75 Å². The maximum atomic E-state index is 11.8. The highest BCUT2D eigenvalue weighted by Gasteiger charge is 2.27. The summed E-state index contributed by atoms with van der Waals surface area (Å²) >= 11 is 4.90. The number of nitrogens with two attached hydrogens (primary N) is 1. The minimum Gasteiger partial charge on any atom is -0.494 e. The second-order valence-corrected chi connectivity index (χ2v) is 5.85. The molecule has 114 valence electrons. The lowest BCUT2D eigenvalue weighted by molar-refractivity contribution is -0.127. The molecule has 2 N–H and O–H groups in total. The van der Waals surface area contributed by atoms with Gasteiger partial charge in [-0.3, -0.25) is 4.79 Å². The van der Waals surface area contributed by atoms with Crippen molar-refractivity contribution in [2.24, 2.45) is 11.7 Å². The largest absolute Gasteiger partial charge is 0.494 e. The van der Waals surface area contributed by atoms with E-state index in [1.54, 1.807) is 0 Å². The number of thiocarbonyl (C=S) groups is 1. The normalized spacial score (nSPS) is 18.0. The standard InChI is InChI=1S/C16H22N2O2S/c1-2-12-10-15(19)18(11-12)8-3-9-20-14-6-4-13(5-7-14)16(17)21/h4-7,12H,2-3,8-11H2,1H3,(H2,17,21). The van der Waals surface area contributed by atoms with Crippen LogP contribution in [0.2, 0.25) is 0 Å². The summed E-state index contributed by atoms with van der Waals surface area (Å²) in [5, 5.41) is 0. The molecule has 1 unspecified atom stereocenters. The number of rotatable bonds is 7. The van der Waals surface area contributed by atoms with Crippen LogP contribution in [0.5, 0.6) is 5.75 Å². The number of carbonyl (C=O) groups is 1. The SMILES string of the molecule is CCC1CC(=O)N(CCCOc2ccc(C(N)=S)cc2)C1. The van der Waals surface area contributed by atoms with E-state index in [0.717, 1.165) is 37.2 Å². The van der Waals surface area contributed by atoms with Crippen LogP contribution in [0.4, 0.5) is 0 Å². The minimum atomic E-state index is 0.280. The Balaban J connectivity index is 1.70. The minimum absolute atomic E-state index is 0.280. The molecule has 1 amide bonds. The summed E-state index contributed by atoms with van der Waals surface area (Å²) in [6, 6.07) is 7.44. The lowest BCUT2D eigenvalue weighted by Gasteiger charge is -2.16. The molecule has 1 aromatic rings. The Kier molecular flexibility index (Phi) is 5.56. The fraction of sp³-hybridized carbons (Fsp3) is 0.500. The first-order chi connectivity index (χ1) is 10.1. The number of ether oxygens (including phenoxy) is 1.